The number of phenolic OH excluding ortho intramolecular Hbond substituents is 4. The van der Waals surface area contributed by atoms with Crippen LogP contribution in [0.5, 0.6) is 23.0 Å². The fourth-order valence-corrected chi connectivity index (χ4v) is 2.12. The van der Waals surface area contributed by atoms with Gasteiger partial charge in [-0.1, -0.05) is 31.4 Å². The van der Waals surface area contributed by atoms with Gasteiger partial charge in [-0.25, -0.2) is 0 Å². The molecule has 0 spiro atoms. The van der Waals surface area contributed by atoms with Crippen LogP contribution in [-0.2, 0) is 0 Å². The van der Waals surface area contributed by atoms with Crippen molar-refractivity contribution in [2.75, 3.05) is 0 Å². The van der Waals surface area contributed by atoms with Gasteiger partial charge in [-0.3, -0.25) is 0 Å². The Morgan fingerprint density at radius 2 is 1.00 bits per heavy atom. The van der Waals surface area contributed by atoms with E-state index in [0.29, 0.717) is 6.04 Å². The lowest BCUT2D eigenvalue weighted by atomic mass is 9.97. The standard InChI is InChI=1S/C6H13N.2C6H6O2/c7-6-4-2-1-3-5-6;2*7-5-2-1-3-6(8)4-5/h6H,1-5,7H2;2*1-4,7-8H. The Labute approximate surface area is 136 Å². The molecule has 1 aliphatic carbocycles. The molecule has 1 fully saturated rings. The predicted molar refractivity (Wildman–Crippen MR) is 90.6 cm³/mol. The number of hydrogen-bond donors (Lipinski definition) is 5. The van der Waals surface area contributed by atoms with Gasteiger partial charge in [-0.2, -0.15) is 0 Å². The molecule has 0 aliphatic heterocycles. The van der Waals surface area contributed by atoms with Crippen molar-refractivity contribution >= 4 is 0 Å². The third kappa shape index (κ3) is 9.26. The monoisotopic (exact) mass is 319 g/mol. The van der Waals surface area contributed by atoms with Gasteiger partial charge in [-0.05, 0) is 37.1 Å². The average Bonchev–Trinajstić information content (AvgIpc) is 2.49. The first-order valence-electron chi connectivity index (χ1n) is 7.69. The van der Waals surface area contributed by atoms with Crippen molar-refractivity contribution < 1.29 is 20.4 Å². The first-order chi connectivity index (χ1) is 11.0. The molecule has 3 rings (SSSR count). The van der Waals surface area contributed by atoms with Crippen LogP contribution in [0.15, 0.2) is 48.5 Å². The van der Waals surface area contributed by atoms with Gasteiger partial charge in [0.25, 0.3) is 0 Å². The summed E-state index contributed by atoms with van der Waals surface area (Å²) in [6, 6.07) is 12.2. The number of phenols is 4. The van der Waals surface area contributed by atoms with Crippen LogP contribution in [0.1, 0.15) is 32.1 Å². The molecule has 2 aromatic rings. The summed E-state index contributed by atoms with van der Waals surface area (Å²) in [4.78, 5) is 0. The van der Waals surface area contributed by atoms with Crippen molar-refractivity contribution in [1.29, 1.82) is 0 Å². The predicted octanol–water partition coefficient (Wildman–Crippen LogP) is 3.47. The summed E-state index contributed by atoms with van der Waals surface area (Å²) in [6.07, 6.45) is 6.66. The van der Waals surface area contributed by atoms with E-state index in [9.17, 15) is 0 Å². The van der Waals surface area contributed by atoms with Crippen LogP contribution in [-0.4, -0.2) is 26.5 Å². The molecule has 23 heavy (non-hydrogen) atoms. The molecule has 0 aromatic heterocycles. The topological polar surface area (TPSA) is 107 Å². The molecule has 5 heteroatoms. The van der Waals surface area contributed by atoms with Crippen molar-refractivity contribution in [3.8, 4) is 23.0 Å². The maximum Gasteiger partial charge on any atom is 0.119 e. The van der Waals surface area contributed by atoms with Crippen molar-refractivity contribution in [3.05, 3.63) is 48.5 Å². The van der Waals surface area contributed by atoms with E-state index in [1.807, 2.05) is 0 Å². The maximum absolute atomic E-state index is 8.65. The van der Waals surface area contributed by atoms with E-state index < -0.39 is 0 Å². The van der Waals surface area contributed by atoms with E-state index in [1.54, 1.807) is 12.1 Å². The highest BCUT2D eigenvalue weighted by molar-refractivity contribution is 5.30. The van der Waals surface area contributed by atoms with Crippen LogP contribution >= 0.6 is 0 Å². The molecule has 2 aromatic carbocycles. The molecule has 0 bridgehead atoms. The Balaban J connectivity index is 0.000000173. The van der Waals surface area contributed by atoms with Crippen LogP contribution in [0.3, 0.4) is 0 Å². The lowest BCUT2D eigenvalue weighted by Crippen LogP contribution is -2.22. The van der Waals surface area contributed by atoms with Crippen molar-refractivity contribution in [1.82, 2.24) is 0 Å². The lowest BCUT2D eigenvalue weighted by Gasteiger charge is -2.15. The zero-order valence-corrected chi connectivity index (χ0v) is 13.1. The van der Waals surface area contributed by atoms with Gasteiger partial charge in [-0.15, -0.1) is 0 Å². The highest BCUT2D eigenvalue weighted by atomic mass is 16.3. The van der Waals surface area contributed by atoms with Crippen LogP contribution in [0.25, 0.3) is 0 Å². The van der Waals surface area contributed by atoms with Gasteiger partial charge in [0.2, 0.25) is 0 Å². The smallest absolute Gasteiger partial charge is 0.119 e. The Morgan fingerprint density at radius 1 is 0.652 bits per heavy atom. The normalized spacial score (nSPS) is 14.0. The summed E-state index contributed by atoms with van der Waals surface area (Å²) >= 11 is 0. The van der Waals surface area contributed by atoms with Gasteiger partial charge in [0.05, 0.1) is 0 Å². The van der Waals surface area contributed by atoms with E-state index >= 15 is 0 Å². The van der Waals surface area contributed by atoms with Gasteiger partial charge in [0, 0.05) is 18.2 Å². The van der Waals surface area contributed by atoms with E-state index in [2.05, 4.69) is 0 Å². The zero-order valence-electron chi connectivity index (χ0n) is 13.1. The lowest BCUT2D eigenvalue weighted by molar-refractivity contribution is 0.441. The van der Waals surface area contributed by atoms with E-state index in [-0.39, 0.29) is 23.0 Å². The third-order valence-corrected chi connectivity index (χ3v) is 3.31. The van der Waals surface area contributed by atoms with Crippen molar-refractivity contribution in [2.24, 2.45) is 5.73 Å². The highest BCUT2D eigenvalue weighted by Gasteiger charge is 2.06. The number of hydrogen-bond acceptors (Lipinski definition) is 5. The molecule has 1 saturated carbocycles. The minimum atomic E-state index is 0.0880. The molecule has 0 saturated heterocycles. The Bertz CT molecular complexity index is 490. The molecular formula is C18H25NO4. The molecular weight excluding hydrogens is 294 g/mol. The Kier molecular flexibility index (Phi) is 8.39. The maximum atomic E-state index is 8.65. The van der Waals surface area contributed by atoms with Crippen LogP contribution in [0, 0.1) is 0 Å². The molecule has 0 amide bonds. The number of nitrogens with two attached hydrogens (primary N) is 1. The quantitative estimate of drug-likeness (QED) is 0.511. The third-order valence-electron chi connectivity index (χ3n) is 3.31. The molecule has 0 atom stereocenters. The summed E-state index contributed by atoms with van der Waals surface area (Å²) < 4.78 is 0. The Hall–Kier alpha value is -2.40. The molecule has 6 N–H and O–H groups in total. The number of aromatic hydroxyl groups is 4. The number of benzene rings is 2. The molecule has 0 heterocycles. The van der Waals surface area contributed by atoms with Gasteiger partial charge in [0.15, 0.2) is 0 Å². The minimum Gasteiger partial charge on any atom is -0.508 e. The molecule has 126 valence electrons. The summed E-state index contributed by atoms with van der Waals surface area (Å²) in [7, 11) is 0. The van der Waals surface area contributed by atoms with E-state index in [0.717, 1.165) is 0 Å². The molecule has 0 radical (unpaired) electrons. The second-order valence-corrected chi connectivity index (χ2v) is 5.44. The summed E-state index contributed by atoms with van der Waals surface area (Å²) in [5.41, 5.74) is 5.63. The summed E-state index contributed by atoms with van der Waals surface area (Å²) in [5.74, 6) is 0.352. The first-order valence-corrected chi connectivity index (χ1v) is 7.69. The number of rotatable bonds is 0. The first kappa shape index (κ1) is 18.6. The average molecular weight is 319 g/mol. The zero-order chi connectivity index (χ0) is 17.1. The van der Waals surface area contributed by atoms with Crippen LogP contribution in [0.4, 0.5) is 0 Å². The molecule has 5 nitrogen and oxygen atoms in total. The van der Waals surface area contributed by atoms with E-state index in [4.69, 9.17) is 26.2 Å². The SMILES string of the molecule is NC1CCCCC1.Oc1cccc(O)c1.Oc1cccc(O)c1. The van der Waals surface area contributed by atoms with Crippen molar-refractivity contribution in [2.45, 2.75) is 38.1 Å². The van der Waals surface area contributed by atoms with Gasteiger partial charge >= 0.3 is 0 Å². The second-order valence-electron chi connectivity index (χ2n) is 5.44. The van der Waals surface area contributed by atoms with E-state index in [1.165, 1.54) is 68.5 Å². The van der Waals surface area contributed by atoms with Crippen LogP contribution in [0.2, 0.25) is 0 Å². The fourth-order valence-electron chi connectivity index (χ4n) is 2.12. The van der Waals surface area contributed by atoms with Crippen molar-refractivity contribution in [3.63, 3.8) is 0 Å². The largest absolute Gasteiger partial charge is 0.508 e. The highest BCUT2D eigenvalue weighted by Crippen LogP contribution is 2.16. The van der Waals surface area contributed by atoms with Gasteiger partial charge < -0.3 is 26.2 Å². The summed E-state index contributed by atoms with van der Waals surface area (Å²) in [6.45, 7) is 0. The molecule has 0 unspecified atom stereocenters. The van der Waals surface area contributed by atoms with Gasteiger partial charge in [0.1, 0.15) is 23.0 Å². The summed E-state index contributed by atoms with van der Waals surface area (Å²) in [5, 5.41) is 34.6. The minimum absolute atomic E-state index is 0.0880. The Morgan fingerprint density at radius 3 is 1.17 bits per heavy atom. The van der Waals surface area contributed by atoms with Crippen LogP contribution < -0.4 is 5.73 Å². The fraction of sp³-hybridized carbons (Fsp3) is 0.333. The molecule has 1 aliphatic rings. The second kappa shape index (κ2) is 10.3.